The zero-order chi connectivity index (χ0) is 21.8. The Hall–Kier alpha value is -4.37. The molecular formula is C29H21NO2. The van der Waals surface area contributed by atoms with Gasteiger partial charge in [0.1, 0.15) is 5.58 Å². The summed E-state index contributed by atoms with van der Waals surface area (Å²) < 4.78 is 5.49. The first-order valence-electron chi connectivity index (χ1n) is 10.5. The summed E-state index contributed by atoms with van der Waals surface area (Å²) in [6, 6.07) is 40.0. The molecule has 0 atom stereocenters. The van der Waals surface area contributed by atoms with Gasteiger partial charge in [0.2, 0.25) is 0 Å². The maximum absolute atomic E-state index is 11.8. The van der Waals surface area contributed by atoms with Crippen LogP contribution in [0.15, 0.2) is 131 Å². The molecule has 0 saturated carbocycles. The molecule has 0 radical (unpaired) electrons. The number of hydrogen-bond donors (Lipinski definition) is 0. The third-order valence-corrected chi connectivity index (χ3v) is 5.29. The van der Waals surface area contributed by atoms with Crippen LogP contribution in [0.4, 0.5) is 11.4 Å². The van der Waals surface area contributed by atoms with Gasteiger partial charge in [-0.1, -0.05) is 78.9 Å². The number of para-hydroxylation sites is 2. The van der Waals surface area contributed by atoms with Crippen molar-refractivity contribution in [3.63, 3.8) is 0 Å². The molecule has 0 aliphatic heterocycles. The third kappa shape index (κ3) is 4.09. The predicted molar refractivity (Wildman–Crippen MR) is 132 cm³/mol. The molecule has 0 N–H and O–H groups in total. The number of fused-ring (bicyclic) bond motifs is 1. The van der Waals surface area contributed by atoms with E-state index in [0.29, 0.717) is 5.58 Å². The van der Waals surface area contributed by atoms with Crippen LogP contribution < -0.4 is 10.5 Å². The predicted octanol–water partition coefficient (Wildman–Crippen LogP) is 7.13. The normalized spacial score (nSPS) is 11.4. The summed E-state index contributed by atoms with van der Waals surface area (Å²) in [5, 5.41) is 0.887. The molecule has 0 spiro atoms. The number of hydrogen-bond acceptors (Lipinski definition) is 3. The molecule has 1 heterocycles. The first-order valence-corrected chi connectivity index (χ1v) is 10.5. The highest BCUT2D eigenvalue weighted by molar-refractivity contribution is 5.97. The van der Waals surface area contributed by atoms with Gasteiger partial charge in [0, 0.05) is 28.4 Å². The van der Waals surface area contributed by atoms with E-state index in [9.17, 15) is 4.79 Å². The van der Waals surface area contributed by atoms with Gasteiger partial charge < -0.3 is 9.32 Å². The first kappa shape index (κ1) is 19.6. The quantitative estimate of drug-likeness (QED) is 0.226. The summed E-state index contributed by atoms with van der Waals surface area (Å²) in [5.74, 6) is 0. The highest BCUT2D eigenvalue weighted by Crippen LogP contribution is 2.36. The van der Waals surface area contributed by atoms with Crippen LogP contribution in [0.1, 0.15) is 11.1 Å². The van der Waals surface area contributed by atoms with Gasteiger partial charge in [-0.2, -0.15) is 0 Å². The lowest BCUT2D eigenvalue weighted by Crippen LogP contribution is -2.15. The molecule has 0 bridgehead atoms. The standard InChI is InChI=1S/C29H21NO2/c31-29-19-18-23-16-17-24(21-28(23)32-29)27(20-22-10-4-1-5-11-22)30(25-12-6-2-7-13-25)26-14-8-3-9-15-26/h1-21H. The van der Waals surface area contributed by atoms with Gasteiger partial charge in [0.25, 0.3) is 0 Å². The molecule has 32 heavy (non-hydrogen) atoms. The average molecular weight is 415 g/mol. The summed E-state index contributed by atoms with van der Waals surface area (Å²) in [6.45, 7) is 0. The molecule has 0 aliphatic carbocycles. The maximum atomic E-state index is 11.8. The third-order valence-electron chi connectivity index (χ3n) is 5.29. The van der Waals surface area contributed by atoms with Crippen LogP contribution in [-0.4, -0.2) is 0 Å². The number of nitrogens with zero attached hydrogens (tertiary/aromatic N) is 1. The molecule has 0 fully saturated rings. The van der Waals surface area contributed by atoms with Crippen molar-refractivity contribution in [2.24, 2.45) is 0 Å². The van der Waals surface area contributed by atoms with Crippen molar-refractivity contribution in [2.75, 3.05) is 4.90 Å². The lowest BCUT2D eigenvalue weighted by atomic mass is 10.0. The highest BCUT2D eigenvalue weighted by atomic mass is 16.4. The average Bonchev–Trinajstić information content (AvgIpc) is 2.85. The van der Waals surface area contributed by atoms with E-state index in [1.54, 1.807) is 6.07 Å². The fourth-order valence-electron chi connectivity index (χ4n) is 3.79. The number of rotatable bonds is 5. The van der Waals surface area contributed by atoms with E-state index in [1.165, 1.54) is 6.07 Å². The molecule has 0 saturated heterocycles. The van der Waals surface area contributed by atoms with Gasteiger partial charge in [-0.25, -0.2) is 4.79 Å². The second-order valence-corrected chi connectivity index (χ2v) is 7.45. The molecule has 0 aliphatic rings. The first-order chi connectivity index (χ1) is 15.8. The lowest BCUT2D eigenvalue weighted by molar-refractivity contribution is 0.561. The maximum Gasteiger partial charge on any atom is 0.336 e. The Morgan fingerprint density at radius 2 is 1.22 bits per heavy atom. The van der Waals surface area contributed by atoms with Gasteiger partial charge >= 0.3 is 5.63 Å². The monoisotopic (exact) mass is 415 g/mol. The van der Waals surface area contributed by atoms with Crippen LogP contribution in [0.5, 0.6) is 0 Å². The van der Waals surface area contributed by atoms with E-state index < -0.39 is 0 Å². The molecule has 1 aromatic heterocycles. The Kier molecular flexibility index (Phi) is 5.38. The molecular weight excluding hydrogens is 394 g/mol. The molecule has 5 aromatic rings. The Morgan fingerprint density at radius 1 is 0.656 bits per heavy atom. The smallest absolute Gasteiger partial charge is 0.336 e. The van der Waals surface area contributed by atoms with Crippen molar-refractivity contribution in [2.45, 2.75) is 0 Å². The van der Waals surface area contributed by atoms with Gasteiger partial charge in [-0.3, -0.25) is 0 Å². The van der Waals surface area contributed by atoms with Crippen molar-refractivity contribution in [1.82, 2.24) is 0 Å². The molecule has 0 amide bonds. The van der Waals surface area contributed by atoms with Crippen molar-refractivity contribution < 1.29 is 4.42 Å². The van der Waals surface area contributed by atoms with E-state index in [1.807, 2.05) is 66.7 Å². The van der Waals surface area contributed by atoms with Crippen molar-refractivity contribution in [3.05, 3.63) is 143 Å². The van der Waals surface area contributed by atoms with Crippen molar-refractivity contribution in [1.29, 1.82) is 0 Å². The highest BCUT2D eigenvalue weighted by Gasteiger charge is 2.17. The van der Waals surface area contributed by atoms with E-state index >= 15 is 0 Å². The minimum atomic E-state index is -0.355. The summed E-state index contributed by atoms with van der Waals surface area (Å²) in [5.41, 5.74) is 5.28. The lowest BCUT2D eigenvalue weighted by Gasteiger charge is -2.28. The molecule has 3 nitrogen and oxygen atoms in total. The van der Waals surface area contributed by atoms with Crippen molar-refractivity contribution in [3.8, 4) is 0 Å². The second-order valence-electron chi connectivity index (χ2n) is 7.45. The Balaban J connectivity index is 1.77. The van der Waals surface area contributed by atoms with E-state index in [-0.39, 0.29) is 5.63 Å². The molecule has 3 heteroatoms. The van der Waals surface area contributed by atoms with Gasteiger partial charge in [-0.15, -0.1) is 0 Å². The summed E-state index contributed by atoms with van der Waals surface area (Å²) in [4.78, 5) is 14.1. The fraction of sp³-hybridized carbons (Fsp3) is 0. The van der Waals surface area contributed by atoms with Gasteiger partial charge in [0.15, 0.2) is 0 Å². The van der Waals surface area contributed by atoms with Crippen LogP contribution in [0, 0.1) is 0 Å². The van der Waals surface area contributed by atoms with Gasteiger partial charge in [0.05, 0.1) is 5.70 Å². The number of anilines is 2. The van der Waals surface area contributed by atoms with Crippen LogP contribution in [0.2, 0.25) is 0 Å². The minimum absolute atomic E-state index is 0.355. The topological polar surface area (TPSA) is 33.5 Å². The van der Waals surface area contributed by atoms with Crippen LogP contribution in [0.3, 0.4) is 0 Å². The van der Waals surface area contributed by atoms with E-state index in [0.717, 1.165) is 33.6 Å². The minimum Gasteiger partial charge on any atom is -0.423 e. The zero-order valence-electron chi connectivity index (χ0n) is 17.4. The molecule has 4 aromatic carbocycles. The number of benzene rings is 4. The van der Waals surface area contributed by atoms with E-state index in [4.69, 9.17) is 4.42 Å². The zero-order valence-corrected chi connectivity index (χ0v) is 17.4. The molecule has 154 valence electrons. The van der Waals surface area contributed by atoms with Crippen LogP contribution >= 0.6 is 0 Å². The summed E-state index contributed by atoms with van der Waals surface area (Å²) in [6.07, 6.45) is 2.15. The van der Waals surface area contributed by atoms with Crippen LogP contribution in [-0.2, 0) is 0 Å². The second kappa shape index (κ2) is 8.78. The Bertz CT molecular complexity index is 1380. The Labute approximate surface area is 186 Å². The SMILES string of the molecule is O=c1ccc2ccc(C(=Cc3ccccc3)N(c3ccccc3)c3ccccc3)cc2o1. The van der Waals surface area contributed by atoms with Crippen molar-refractivity contribution >= 4 is 34.1 Å². The summed E-state index contributed by atoms with van der Waals surface area (Å²) in [7, 11) is 0. The largest absolute Gasteiger partial charge is 0.423 e. The van der Waals surface area contributed by atoms with Gasteiger partial charge in [-0.05, 0) is 48.0 Å². The molecule has 0 unspecified atom stereocenters. The Morgan fingerprint density at radius 3 is 1.84 bits per heavy atom. The summed E-state index contributed by atoms with van der Waals surface area (Å²) >= 11 is 0. The van der Waals surface area contributed by atoms with E-state index in [2.05, 4.69) is 53.4 Å². The fourth-order valence-corrected chi connectivity index (χ4v) is 3.79. The van der Waals surface area contributed by atoms with Crippen LogP contribution in [0.25, 0.3) is 22.7 Å². The molecule has 5 rings (SSSR count).